The number of aromatic nitrogens is 2. The Hall–Kier alpha value is -2.96. The Kier molecular flexibility index (Phi) is 7.97. The zero-order chi connectivity index (χ0) is 27.7. The van der Waals surface area contributed by atoms with Crippen LogP contribution in [0.15, 0.2) is 42.5 Å². The van der Waals surface area contributed by atoms with Gasteiger partial charge in [-0.05, 0) is 60.4 Å². The van der Waals surface area contributed by atoms with Gasteiger partial charge in [-0.1, -0.05) is 35.3 Å². The van der Waals surface area contributed by atoms with Gasteiger partial charge in [-0.25, -0.2) is 27.3 Å². The molecular formula is C26H25Cl2FN4O5S. The van der Waals surface area contributed by atoms with Crippen LogP contribution in [0, 0.1) is 5.82 Å². The summed E-state index contributed by atoms with van der Waals surface area (Å²) in [5, 5.41) is 6.90. The van der Waals surface area contributed by atoms with Gasteiger partial charge in [0.2, 0.25) is 5.88 Å². The number of halogens is 3. The molecule has 5 rings (SSSR count). The number of nitrogens with zero attached hydrogens (tertiary/aromatic N) is 3. The fourth-order valence-electron chi connectivity index (χ4n) is 4.82. The molecule has 13 heteroatoms. The molecular weight excluding hydrogens is 570 g/mol. The normalized spacial score (nSPS) is 19.7. The van der Waals surface area contributed by atoms with Crippen LogP contribution in [0.25, 0.3) is 17.3 Å². The lowest BCUT2D eigenvalue weighted by atomic mass is 10.1. The standard InChI is InChI=1S/C26H25Cl2FN4O5S/c1-37-13-20-3-2-10-32(20)31-26(34)38-25-21-15-39(35,36)14-17(11-16-4-7-19(29)8-5-16)24(21)33(30-25)23-9-6-18(27)12-22(23)28/h4-9,11-12,20H,2-3,10,13-15H2,1H3,(H,31,34)/b17-11+/t20-/m0/s1. The van der Waals surface area contributed by atoms with Crippen molar-refractivity contribution in [3.63, 3.8) is 0 Å². The molecule has 1 aromatic heterocycles. The van der Waals surface area contributed by atoms with Gasteiger partial charge in [0.05, 0.1) is 46.1 Å². The average molecular weight is 595 g/mol. The number of carbonyl (C=O) groups excluding carboxylic acids is 1. The number of fused-ring (bicyclic) bond motifs is 1. The minimum atomic E-state index is -3.64. The first-order valence-electron chi connectivity index (χ1n) is 12.1. The molecule has 1 fully saturated rings. The van der Waals surface area contributed by atoms with Crippen LogP contribution in [0.1, 0.15) is 29.7 Å². The van der Waals surface area contributed by atoms with E-state index in [0.29, 0.717) is 40.7 Å². The number of sulfone groups is 1. The van der Waals surface area contributed by atoms with Gasteiger partial charge in [-0.2, -0.15) is 0 Å². The van der Waals surface area contributed by atoms with Gasteiger partial charge in [0.1, 0.15) is 5.82 Å². The summed E-state index contributed by atoms with van der Waals surface area (Å²) >= 11 is 12.6. The molecule has 1 amide bonds. The van der Waals surface area contributed by atoms with Crippen LogP contribution in [0.4, 0.5) is 9.18 Å². The van der Waals surface area contributed by atoms with Crippen molar-refractivity contribution in [3.8, 4) is 11.6 Å². The molecule has 0 radical (unpaired) electrons. The minimum Gasteiger partial charge on any atom is -0.388 e. The first-order valence-corrected chi connectivity index (χ1v) is 14.7. The number of nitrogens with one attached hydrogen (secondary N) is 1. The molecule has 2 aliphatic heterocycles. The van der Waals surface area contributed by atoms with Gasteiger partial charge >= 0.3 is 6.09 Å². The van der Waals surface area contributed by atoms with Gasteiger partial charge in [0.15, 0.2) is 9.84 Å². The zero-order valence-corrected chi connectivity index (χ0v) is 23.2. The summed E-state index contributed by atoms with van der Waals surface area (Å²) in [6.45, 7) is 1.06. The van der Waals surface area contributed by atoms with Crippen LogP contribution in [0.2, 0.25) is 10.0 Å². The third kappa shape index (κ3) is 6.12. The Morgan fingerprint density at radius 1 is 1.21 bits per heavy atom. The number of methoxy groups -OCH3 is 1. The molecule has 2 aromatic carbocycles. The second kappa shape index (κ2) is 11.3. The second-order valence-corrected chi connectivity index (χ2v) is 12.2. The van der Waals surface area contributed by atoms with E-state index in [-0.39, 0.29) is 28.3 Å². The smallest absolute Gasteiger partial charge is 0.388 e. The minimum absolute atomic E-state index is 0.00693. The van der Waals surface area contributed by atoms with E-state index in [1.165, 1.54) is 35.0 Å². The second-order valence-electron chi connectivity index (χ2n) is 9.34. The number of hydrazine groups is 1. The van der Waals surface area contributed by atoms with E-state index in [1.807, 2.05) is 0 Å². The van der Waals surface area contributed by atoms with Gasteiger partial charge in [-0.3, -0.25) is 5.43 Å². The summed E-state index contributed by atoms with van der Waals surface area (Å²) in [6, 6.07) is 10.4. The Morgan fingerprint density at radius 2 is 1.97 bits per heavy atom. The van der Waals surface area contributed by atoms with Crippen molar-refractivity contribution >= 4 is 50.8 Å². The van der Waals surface area contributed by atoms with E-state index in [1.54, 1.807) is 30.3 Å². The molecule has 3 heterocycles. The number of ether oxygens (including phenoxy) is 2. The molecule has 0 saturated carbocycles. The lowest BCUT2D eigenvalue weighted by Crippen LogP contribution is -2.47. The van der Waals surface area contributed by atoms with Crippen LogP contribution >= 0.6 is 23.2 Å². The van der Waals surface area contributed by atoms with Crippen molar-refractivity contribution in [3.05, 3.63) is 75.1 Å². The SMILES string of the molecule is COC[C@@H]1CCCN1NC(=O)Oc1nn(-c2ccc(Cl)cc2Cl)c2c1CS(=O)(=O)C/C2=C\c1ccc(F)cc1. The van der Waals surface area contributed by atoms with E-state index < -0.39 is 27.5 Å². The fourth-order valence-corrected chi connectivity index (χ4v) is 6.81. The van der Waals surface area contributed by atoms with Gasteiger partial charge in [0, 0.05) is 18.7 Å². The van der Waals surface area contributed by atoms with Crippen molar-refractivity contribution in [2.24, 2.45) is 0 Å². The maximum atomic E-state index is 13.5. The molecule has 2 aliphatic rings. The summed E-state index contributed by atoms with van der Waals surface area (Å²) in [6.07, 6.45) is 2.56. The highest BCUT2D eigenvalue weighted by Crippen LogP contribution is 2.39. The fraction of sp³-hybridized carbons (Fsp3) is 0.308. The van der Waals surface area contributed by atoms with Crippen molar-refractivity contribution in [1.29, 1.82) is 0 Å². The lowest BCUT2D eigenvalue weighted by Gasteiger charge is -2.23. The Bertz CT molecular complexity index is 1540. The quantitative estimate of drug-likeness (QED) is 0.433. The lowest BCUT2D eigenvalue weighted by molar-refractivity contribution is 0.0811. The maximum absolute atomic E-state index is 13.5. The summed E-state index contributed by atoms with van der Waals surface area (Å²) in [5.41, 5.74) is 4.73. The van der Waals surface area contributed by atoms with Gasteiger partial charge < -0.3 is 9.47 Å². The Balaban J connectivity index is 1.58. The summed E-state index contributed by atoms with van der Waals surface area (Å²) < 4.78 is 51.8. The van der Waals surface area contributed by atoms with E-state index in [0.717, 1.165) is 12.8 Å². The van der Waals surface area contributed by atoms with E-state index in [9.17, 15) is 17.6 Å². The topological polar surface area (TPSA) is 103 Å². The Labute approximate surface area is 235 Å². The summed E-state index contributed by atoms with van der Waals surface area (Å²) in [7, 11) is -2.05. The van der Waals surface area contributed by atoms with Gasteiger partial charge in [0.25, 0.3) is 0 Å². The molecule has 0 bridgehead atoms. The number of hydrogen-bond donors (Lipinski definition) is 1. The molecule has 206 valence electrons. The number of amides is 1. The van der Waals surface area contributed by atoms with Crippen LogP contribution in [0.3, 0.4) is 0 Å². The van der Waals surface area contributed by atoms with Crippen LogP contribution in [-0.2, 0) is 20.3 Å². The third-order valence-electron chi connectivity index (χ3n) is 6.50. The monoisotopic (exact) mass is 594 g/mol. The average Bonchev–Trinajstić information content (AvgIpc) is 3.44. The molecule has 1 saturated heterocycles. The van der Waals surface area contributed by atoms with Crippen LogP contribution < -0.4 is 10.2 Å². The molecule has 39 heavy (non-hydrogen) atoms. The number of carbonyl (C=O) groups is 1. The molecule has 0 aliphatic carbocycles. The number of rotatable bonds is 6. The van der Waals surface area contributed by atoms with E-state index in [4.69, 9.17) is 32.7 Å². The zero-order valence-electron chi connectivity index (χ0n) is 20.9. The molecule has 1 N–H and O–H groups in total. The molecule has 0 spiro atoms. The van der Waals surface area contributed by atoms with Crippen LogP contribution in [-0.4, -0.2) is 61.4 Å². The van der Waals surface area contributed by atoms with Crippen molar-refractivity contribution in [1.82, 2.24) is 20.2 Å². The van der Waals surface area contributed by atoms with Gasteiger partial charge in [-0.15, -0.1) is 5.10 Å². The summed E-state index contributed by atoms with van der Waals surface area (Å²) in [4.78, 5) is 12.9. The maximum Gasteiger partial charge on any atom is 0.428 e. The number of benzene rings is 2. The van der Waals surface area contributed by atoms with E-state index >= 15 is 0 Å². The highest BCUT2D eigenvalue weighted by atomic mass is 35.5. The molecule has 9 nitrogen and oxygen atoms in total. The highest BCUT2D eigenvalue weighted by Gasteiger charge is 2.35. The first-order chi connectivity index (χ1) is 18.6. The Morgan fingerprint density at radius 3 is 2.69 bits per heavy atom. The van der Waals surface area contributed by atoms with Crippen LogP contribution in [0.5, 0.6) is 5.88 Å². The van der Waals surface area contributed by atoms with E-state index in [2.05, 4.69) is 10.5 Å². The van der Waals surface area contributed by atoms with Crippen molar-refractivity contribution < 1.29 is 27.1 Å². The van der Waals surface area contributed by atoms with Crippen molar-refractivity contribution in [2.75, 3.05) is 26.0 Å². The molecule has 3 aromatic rings. The first kappa shape index (κ1) is 27.6. The summed E-state index contributed by atoms with van der Waals surface area (Å²) in [5.74, 6) is -1.27. The molecule has 0 unspecified atom stereocenters. The number of hydrogen-bond acceptors (Lipinski definition) is 7. The molecule has 1 atom stereocenters. The highest BCUT2D eigenvalue weighted by molar-refractivity contribution is 7.91. The largest absolute Gasteiger partial charge is 0.428 e. The van der Waals surface area contributed by atoms with Crippen molar-refractivity contribution in [2.45, 2.75) is 24.6 Å². The predicted molar refractivity (Wildman–Crippen MR) is 146 cm³/mol. The predicted octanol–water partition coefficient (Wildman–Crippen LogP) is 4.90. The third-order valence-corrected chi connectivity index (χ3v) is 8.52.